The molecule has 10 heteroatoms. The number of anilines is 3. The molecule has 1 aliphatic heterocycles. The monoisotopic (exact) mass is 468 g/mol. The number of ether oxygens (including phenoxy) is 1. The zero-order valence-electron chi connectivity index (χ0n) is 17.0. The summed E-state index contributed by atoms with van der Waals surface area (Å²) in [5, 5.41) is 7.67. The number of methoxy groups -OCH3 is 1. The number of aromatic nitrogens is 1. The normalized spacial score (nSPS) is 13.5. The Kier molecular flexibility index (Phi) is 5.93. The molecular formula is C22H17ClN4O4S. The Morgan fingerprint density at radius 3 is 2.62 bits per heavy atom. The largest absolute Gasteiger partial charge is 0.497 e. The van der Waals surface area contributed by atoms with Crippen LogP contribution >= 0.6 is 22.9 Å². The van der Waals surface area contributed by atoms with Crippen molar-refractivity contribution in [2.75, 3.05) is 22.6 Å². The van der Waals surface area contributed by atoms with Gasteiger partial charge < -0.3 is 10.1 Å². The van der Waals surface area contributed by atoms with Crippen LogP contribution in [0.3, 0.4) is 0 Å². The Hall–Kier alpha value is -3.69. The van der Waals surface area contributed by atoms with E-state index in [-0.39, 0.29) is 16.6 Å². The highest BCUT2D eigenvalue weighted by Gasteiger charge is 2.39. The van der Waals surface area contributed by atoms with E-state index in [9.17, 15) is 14.4 Å². The Bertz CT molecular complexity index is 1270. The number of aryl methyl sites for hydroxylation is 1. The molecule has 0 aliphatic carbocycles. The molecule has 0 atom stereocenters. The van der Waals surface area contributed by atoms with Gasteiger partial charge in [-0.25, -0.2) is 9.88 Å². The molecule has 0 bridgehead atoms. The number of amides is 3. The van der Waals surface area contributed by atoms with E-state index >= 15 is 0 Å². The molecule has 3 amide bonds. The van der Waals surface area contributed by atoms with Crippen molar-refractivity contribution in [2.45, 2.75) is 6.92 Å². The molecule has 1 aliphatic rings. The number of thiazole rings is 1. The van der Waals surface area contributed by atoms with Gasteiger partial charge in [0.1, 0.15) is 16.5 Å². The highest BCUT2D eigenvalue weighted by molar-refractivity contribution is 7.13. The van der Waals surface area contributed by atoms with Gasteiger partial charge in [-0.1, -0.05) is 23.7 Å². The van der Waals surface area contributed by atoms with Crippen LogP contribution in [0.1, 0.15) is 16.1 Å². The van der Waals surface area contributed by atoms with Crippen molar-refractivity contribution in [3.63, 3.8) is 0 Å². The number of carbonyl (C=O) groups is 3. The maximum atomic E-state index is 13.0. The molecule has 0 fully saturated rings. The second-order valence-corrected chi connectivity index (χ2v) is 8.03. The lowest BCUT2D eigenvalue weighted by molar-refractivity contribution is -0.120. The van der Waals surface area contributed by atoms with Crippen LogP contribution in [0.2, 0.25) is 0 Å². The Morgan fingerprint density at radius 2 is 1.91 bits per heavy atom. The predicted octanol–water partition coefficient (Wildman–Crippen LogP) is 4.15. The second kappa shape index (κ2) is 8.81. The second-order valence-electron chi connectivity index (χ2n) is 6.79. The molecule has 4 rings (SSSR count). The topological polar surface area (TPSA) is 101 Å². The van der Waals surface area contributed by atoms with Gasteiger partial charge in [-0.3, -0.25) is 19.7 Å². The third-order valence-corrected chi connectivity index (χ3v) is 5.80. The summed E-state index contributed by atoms with van der Waals surface area (Å²) in [4.78, 5) is 43.3. The van der Waals surface area contributed by atoms with Crippen molar-refractivity contribution in [3.05, 3.63) is 75.9 Å². The minimum Gasteiger partial charge on any atom is -0.497 e. The zero-order chi connectivity index (χ0) is 22.8. The van der Waals surface area contributed by atoms with Crippen molar-refractivity contribution in [1.29, 1.82) is 0 Å². The first-order valence-electron chi connectivity index (χ1n) is 9.40. The number of halogens is 1. The van der Waals surface area contributed by atoms with Gasteiger partial charge in [-0.2, -0.15) is 0 Å². The van der Waals surface area contributed by atoms with Gasteiger partial charge in [0.25, 0.3) is 17.7 Å². The summed E-state index contributed by atoms with van der Waals surface area (Å²) in [5.74, 6) is -1.12. The molecule has 0 unspecified atom stereocenters. The van der Waals surface area contributed by atoms with Crippen molar-refractivity contribution in [2.24, 2.45) is 0 Å². The maximum absolute atomic E-state index is 13.0. The fraction of sp³-hybridized carbons (Fsp3) is 0.0909. The molecule has 0 saturated heterocycles. The first-order valence-corrected chi connectivity index (χ1v) is 10.7. The fourth-order valence-corrected chi connectivity index (χ4v) is 3.95. The number of nitrogens with one attached hydrogen (secondary N) is 2. The average molecular weight is 469 g/mol. The smallest absolute Gasteiger partial charge is 0.283 e. The summed E-state index contributed by atoms with van der Waals surface area (Å²) in [5.41, 5.74) is 1.84. The molecule has 1 aromatic heterocycles. The van der Waals surface area contributed by atoms with Crippen LogP contribution in [-0.2, 0) is 9.59 Å². The molecule has 8 nitrogen and oxygen atoms in total. The number of carbonyl (C=O) groups excluding carboxylic acids is 3. The summed E-state index contributed by atoms with van der Waals surface area (Å²) < 4.78 is 5.16. The van der Waals surface area contributed by atoms with Crippen LogP contribution in [0.5, 0.6) is 5.75 Å². The third-order valence-electron chi connectivity index (χ3n) is 4.57. The standard InChI is InChI=1S/C22H17ClN4O4S/c1-12-11-32-22(24-12)26-19(28)13-5-3-6-14(9-13)25-18-17(23)20(29)27(21(18)30)15-7-4-8-16(10-15)31-2/h3-11,25H,1-2H3,(H,24,26,28). The average Bonchev–Trinajstić information content (AvgIpc) is 3.29. The lowest BCUT2D eigenvalue weighted by Crippen LogP contribution is -2.32. The summed E-state index contributed by atoms with van der Waals surface area (Å²) >= 11 is 7.52. The first kappa shape index (κ1) is 21.5. The Labute approximate surface area is 192 Å². The molecule has 0 saturated carbocycles. The highest BCUT2D eigenvalue weighted by Crippen LogP contribution is 2.32. The van der Waals surface area contributed by atoms with Crippen LogP contribution in [0, 0.1) is 6.92 Å². The molecule has 0 radical (unpaired) electrons. The molecule has 2 aromatic carbocycles. The van der Waals surface area contributed by atoms with E-state index in [0.29, 0.717) is 27.8 Å². The minimum absolute atomic E-state index is 0.0763. The van der Waals surface area contributed by atoms with E-state index in [4.69, 9.17) is 16.3 Å². The first-order chi connectivity index (χ1) is 15.4. The van der Waals surface area contributed by atoms with Crippen molar-refractivity contribution in [1.82, 2.24) is 4.98 Å². The fourth-order valence-electron chi connectivity index (χ4n) is 3.06. The molecule has 2 N–H and O–H groups in total. The van der Waals surface area contributed by atoms with Crippen LogP contribution in [-0.4, -0.2) is 29.8 Å². The number of nitrogens with zero attached hydrogens (tertiary/aromatic N) is 2. The highest BCUT2D eigenvalue weighted by atomic mass is 35.5. The number of hydrogen-bond donors (Lipinski definition) is 2. The van der Waals surface area contributed by atoms with E-state index in [0.717, 1.165) is 10.6 Å². The molecule has 3 aromatic rings. The van der Waals surface area contributed by atoms with Gasteiger partial charge in [-0.15, -0.1) is 11.3 Å². The number of rotatable bonds is 6. The zero-order valence-corrected chi connectivity index (χ0v) is 18.6. The van der Waals surface area contributed by atoms with Gasteiger partial charge in [0.2, 0.25) is 0 Å². The van der Waals surface area contributed by atoms with Crippen LogP contribution in [0.25, 0.3) is 0 Å². The van der Waals surface area contributed by atoms with Crippen LogP contribution in [0.15, 0.2) is 64.6 Å². The SMILES string of the molecule is COc1cccc(N2C(=O)C(Cl)=C(Nc3cccc(C(=O)Nc4nc(C)cs4)c3)C2=O)c1. The lowest BCUT2D eigenvalue weighted by Gasteiger charge is -2.16. The van der Waals surface area contributed by atoms with E-state index in [2.05, 4.69) is 15.6 Å². The summed E-state index contributed by atoms with van der Waals surface area (Å²) in [6.07, 6.45) is 0. The van der Waals surface area contributed by atoms with Gasteiger partial charge in [0, 0.05) is 22.7 Å². The molecule has 0 spiro atoms. The predicted molar refractivity (Wildman–Crippen MR) is 123 cm³/mol. The van der Waals surface area contributed by atoms with Gasteiger partial charge in [0.15, 0.2) is 5.13 Å². The van der Waals surface area contributed by atoms with E-state index < -0.39 is 11.8 Å². The van der Waals surface area contributed by atoms with Gasteiger partial charge >= 0.3 is 0 Å². The third kappa shape index (κ3) is 4.20. The molecule has 162 valence electrons. The Balaban J connectivity index is 1.54. The van der Waals surface area contributed by atoms with Crippen molar-refractivity contribution >= 4 is 57.2 Å². The number of benzene rings is 2. The quantitative estimate of drug-likeness (QED) is 0.527. The van der Waals surface area contributed by atoms with Gasteiger partial charge in [0.05, 0.1) is 18.5 Å². The molecular weight excluding hydrogens is 452 g/mol. The summed E-state index contributed by atoms with van der Waals surface area (Å²) in [6, 6.07) is 13.0. The Morgan fingerprint density at radius 1 is 1.12 bits per heavy atom. The number of hydrogen-bond acceptors (Lipinski definition) is 7. The van der Waals surface area contributed by atoms with Gasteiger partial charge in [-0.05, 0) is 37.3 Å². The lowest BCUT2D eigenvalue weighted by atomic mass is 10.2. The van der Waals surface area contributed by atoms with Crippen molar-refractivity contribution in [3.8, 4) is 5.75 Å². The molecule has 32 heavy (non-hydrogen) atoms. The van der Waals surface area contributed by atoms with E-state index in [1.165, 1.54) is 18.4 Å². The number of imide groups is 1. The minimum atomic E-state index is -0.652. The summed E-state index contributed by atoms with van der Waals surface area (Å²) in [7, 11) is 1.49. The van der Waals surface area contributed by atoms with E-state index in [1.807, 2.05) is 12.3 Å². The maximum Gasteiger partial charge on any atom is 0.283 e. The molecule has 2 heterocycles. The summed E-state index contributed by atoms with van der Waals surface area (Å²) in [6.45, 7) is 1.84. The van der Waals surface area contributed by atoms with E-state index in [1.54, 1.807) is 48.5 Å². The van der Waals surface area contributed by atoms with Crippen LogP contribution in [0.4, 0.5) is 16.5 Å². The van der Waals surface area contributed by atoms with Crippen LogP contribution < -0.4 is 20.3 Å². The van der Waals surface area contributed by atoms with Crippen molar-refractivity contribution < 1.29 is 19.1 Å².